The van der Waals surface area contributed by atoms with Gasteiger partial charge in [-0.25, -0.2) is 19.9 Å². The minimum atomic E-state index is 1.07. The lowest BCUT2D eigenvalue weighted by atomic mass is 9.90. The zero-order chi connectivity index (χ0) is 23.6. The first-order valence-corrected chi connectivity index (χ1v) is 11.6. The van der Waals surface area contributed by atoms with Crippen molar-refractivity contribution in [1.82, 2.24) is 38.2 Å². The van der Waals surface area contributed by atoms with Gasteiger partial charge in [0.2, 0.25) is 0 Å². The highest BCUT2D eigenvalue weighted by atomic mass is 15.1. The van der Waals surface area contributed by atoms with Crippen molar-refractivity contribution in [2.75, 3.05) is 0 Å². The van der Waals surface area contributed by atoms with E-state index in [-0.39, 0.29) is 0 Å². The van der Waals surface area contributed by atoms with E-state index in [0.717, 1.165) is 44.3 Å². The highest BCUT2D eigenvalue weighted by Crippen LogP contribution is 2.43. The third kappa shape index (κ3) is 2.58. The number of aromatic nitrogens is 8. The zero-order valence-electron chi connectivity index (χ0n) is 19.0. The van der Waals surface area contributed by atoms with E-state index in [1.54, 1.807) is 0 Å². The normalized spacial score (nSPS) is 11.9. The molecule has 0 bridgehead atoms. The number of benzene rings is 4. The van der Waals surface area contributed by atoms with Crippen LogP contribution in [0.15, 0.2) is 111 Å². The maximum Gasteiger partial charge on any atom is 0.0991 e. The smallest absolute Gasteiger partial charge is 0.0991 e. The second kappa shape index (κ2) is 7.13. The molecule has 36 heavy (non-hydrogen) atoms. The highest BCUT2D eigenvalue weighted by molar-refractivity contribution is 6.28. The molecule has 8 nitrogen and oxygen atoms in total. The van der Waals surface area contributed by atoms with Gasteiger partial charge in [0.25, 0.3) is 0 Å². The molecule has 0 aliphatic heterocycles. The molecule has 8 heteroatoms. The molecule has 0 saturated carbocycles. The molecule has 0 aliphatic rings. The summed E-state index contributed by atoms with van der Waals surface area (Å²) in [5.41, 5.74) is 4.26. The van der Waals surface area contributed by atoms with E-state index < -0.39 is 0 Å². The Morgan fingerprint density at radius 1 is 0.389 bits per heavy atom. The first-order chi connectivity index (χ1) is 17.9. The van der Waals surface area contributed by atoms with Crippen LogP contribution in [0, 0.1) is 0 Å². The van der Waals surface area contributed by atoms with Crippen molar-refractivity contribution in [1.29, 1.82) is 0 Å². The van der Waals surface area contributed by atoms with Gasteiger partial charge in [0.05, 0.1) is 48.1 Å². The van der Waals surface area contributed by atoms with E-state index in [0.29, 0.717) is 0 Å². The summed E-state index contributed by atoms with van der Waals surface area (Å²) in [6, 6.07) is 13.3. The van der Waals surface area contributed by atoms with E-state index in [2.05, 4.69) is 74.6 Å². The maximum atomic E-state index is 4.32. The summed E-state index contributed by atoms with van der Waals surface area (Å²) in [5.74, 6) is 0. The Labute approximate surface area is 204 Å². The van der Waals surface area contributed by atoms with Crippen LogP contribution in [-0.4, -0.2) is 38.2 Å². The van der Waals surface area contributed by atoms with Crippen LogP contribution in [0.4, 0.5) is 0 Å². The number of imidazole rings is 4. The lowest BCUT2D eigenvalue weighted by Gasteiger charge is -2.21. The topological polar surface area (TPSA) is 71.3 Å². The predicted molar refractivity (Wildman–Crippen MR) is 139 cm³/mol. The standard InChI is InChI=1S/C28H18N8/c1-2-20-24(34-10-6-30-16-34)14-26(36-12-8-32-18-36)22-4-3-21-25(35-11-7-31-17-35)13-23(33-9-5-29-15-33)19(1)27(21)28(20)22/h1-18H. The van der Waals surface area contributed by atoms with Crippen LogP contribution in [0.1, 0.15) is 0 Å². The molecule has 0 atom stereocenters. The van der Waals surface area contributed by atoms with Gasteiger partial charge in [-0.05, 0) is 12.1 Å². The van der Waals surface area contributed by atoms with Crippen molar-refractivity contribution in [3.8, 4) is 22.7 Å². The second-order valence-electron chi connectivity index (χ2n) is 8.78. The molecule has 170 valence electrons. The molecule has 0 fully saturated rings. The Morgan fingerprint density at radius 3 is 0.889 bits per heavy atom. The van der Waals surface area contributed by atoms with Crippen molar-refractivity contribution >= 4 is 32.3 Å². The molecule has 4 aromatic heterocycles. The summed E-state index contributed by atoms with van der Waals surface area (Å²) < 4.78 is 8.28. The number of hydrogen-bond acceptors (Lipinski definition) is 4. The molecule has 4 aromatic carbocycles. The van der Waals surface area contributed by atoms with E-state index in [4.69, 9.17) is 0 Å². The largest absolute Gasteiger partial charge is 0.306 e. The van der Waals surface area contributed by atoms with Crippen molar-refractivity contribution in [2.45, 2.75) is 0 Å². The fourth-order valence-corrected chi connectivity index (χ4v) is 5.38. The van der Waals surface area contributed by atoms with Crippen LogP contribution in [0.2, 0.25) is 0 Å². The summed E-state index contributed by atoms with van der Waals surface area (Å²) in [7, 11) is 0. The van der Waals surface area contributed by atoms with Gasteiger partial charge < -0.3 is 18.3 Å². The summed E-state index contributed by atoms with van der Waals surface area (Å²) in [6.07, 6.45) is 22.5. The van der Waals surface area contributed by atoms with Gasteiger partial charge in [-0.1, -0.05) is 24.3 Å². The van der Waals surface area contributed by atoms with Gasteiger partial charge in [0, 0.05) is 81.9 Å². The first-order valence-electron chi connectivity index (χ1n) is 11.6. The van der Waals surface area contributed by atoms with Crippen LogP contribution in [-0.2, 0) is 0 Å². The highest BCUT2D eigenvalue weighted by Gasteiger charge is 2.20. The lowest BCUT2D eigenvalue weighted by molar-refractivity contribution is 1.03. The number of nitrogens with zero attached hydrogens (tertiary/aromatic N) is 8. The van der Waals surface area contributed by atoms with Crippen LogP contribution in [0.3, 0.4) is 0 Å². The average Bonchev–Trinajstić information content (AvgIpc) is 3.74. The fraction of sp³-hybridized carbons (Fsp3) is 0. The Bertz CT molecular complexity index is 1680. The Morgan fingerprint density at radius 2 is 0.667 bits per heavy atom. The average molecular weight is 467 g/mol. The number of hydrogen-bond donors (Lipinski definition) is 0. The molecule has 0 N–H and O–H groups in total. The molecule has 0 saturated heterocycles. The minimum Gasteiger partial charge on any atom is -0.306 e. The van der Waals surface area contributed by atoms with Crippen LogP contribution >= 0.6 is 0 Å². The first kappa shape index (κ1) is 19.1. The molecular weight excluding hydrogens is 448 g/mol. The number of rotatable bonds is 4. The Balaban J connectivity index is 1.62. The summed E-state index contributed by atoms with van der Waals surface area (Å²) in [6.45, 7) is 0. The van der Waals surface area contributed by atoms with Crippen LogP contribution in [0.25, 0.3) is 55.1 Å². The third-order valence-corrected chi connectivity index (χ3v) is 6.94. The van der Waals surface area contributed by atoms with Crippen molar-refractivity contribution < 1.29 is 0 Å². The van der Waals surface area contributed by atoms with Crippen molar-refractivity contribution in [2.24, 2.45) is 0 Å². The van der Waals surface area contributed by atoms with Crippen LogP contribution < -0.4 is 0 Å². The van der Waals surface area contributed by atoms with Gasteiger partial charge in [0.15, 0.2) is 0 Å². The summed E-state index contributed by atoms with van der Waals surface area (Å²) in [4.78, 5) is 17.3. The molecular formula is C28H18N8. The quantitative estimate of drug-likeness (QED) is 0.329. The maximum absolute atomic E-state index is 4.32. The Kier molecular flexibility index (Phi) is 3.78. The van der Waals surface area contributed by atoms with E-state index in [1.165, 1.54) is 10.8 Å². The van der Waals surface area contributed by atoms with Gasteiger partial charge in [-0.3, -0.25) is 0 Å². The van der Waals surface area contributed by atoms with Gasteiger partial charge in [-0.2, -0.15) is 0 Å². The fourth-order valence-electron chi connectivity index (χ4n) is 5.38. The van der Waals surface area contributed by atoms with Gasteiger partial charge >= 0.3 is 0 Å². The molecule has 0 radical (unpaired) electrons. The molecule has 4 heterocycles. The van der Waals surface area contributed by atoms with E-state index >= 15 is 0 Å². The molecule has 0 unspecified atom stereocenters. The van der Waals surface area contributed by atoms with Gasteiger partial charge in [-0.15, -0.1) is 0 Å². The Hall–Kier alpha value is -5.24. The molecule has 0 amide bonds. The SMILES string of the molecule is c1cn(-c2cc(-n3ccnc3)c3ccc4c(-n5ccnc5)cc(-n5ccnc5)c5ccc2c3c54)cn1. The zero-order valence-corrected chi connectivity index (χ0v) is 19.0. The lowest BCUT2D eigenvalue weighted by Crippen LogP contribution is -2.03. The summed E-state index contributed by atoms with van der Waals surface area (Å²) >= 11 is 0. The second-order valence-corrected chi connectivity index (χ2v) is 8.78. The van der Waals surface area contributed by atoms with Crippen molar-refractivity contribution in [3.63, 3.8) is 0 Å². The van der Waals surface area contributed by atoms with Crippen LogP contribution in [0.5, 0.6) is 0 Å². The molecule has 8 rings (SSSR count). The molecule has 0 spiro atoms. The van der Waals surface area contributed by atoms with Crippen molar-refractivity contribution in [3.05, 3.63) is 111 Å². The van der Waals surface area contributed by atoms with E-state index in [9.17, 15) is 0 Å². The monoisotopic (exact) mass is 466 g/mol. The third-order valence-electron chi connectivity index (χ3n) is 6.94. The minimum absolute atomic E-state index is 1.07. The molecule has 0 aliphatic carbocycles. The van der Waals surface area contributed by atoms with E-state index in [1.807, 2.05) is 74.9 Å². The van der Waals surface area contributed by atoms with Gasteiger partial charge in [0.1, 0.15) is 0 Å². The summed E-state index contributed by atoms with van der Waals surface area (Å²) in [5, 5.41) is 7.02. The molecule has 8 aromatic rings. The predicted octanol–water partition coefficient (Wildman–Crippen LogP) is 5.33.